The molecule has 0 bridgehead atoms. The van der Waals surface area contributed by atoms with Gasteiger partial charge in [0.1, 0.15) is 6.10 Å². The Morgan fingerprint density at radius 2 is 1.44 bits per heavy atom. The van der Waals surface area contributed by atoms with Crippen LogP contribution in [0.3, 0.4) is 0 Å². The Kier molecular flexibility index (Phi) is 16.4. The number of carboxylic acids is 1. The second-order valence-corrected chi connectivity index (χ2v) is 8.79. The van der Waals surface area contributed by atoms with Gasteiger partial charge in [0.2, 0.25) is 0 Å². The summed E-state index contributed by atoms with van der Waals surface area (Å²) in [5, 5.41) is 9.02. The number of hydrogen-bond acceptors (Lipinski definition) is 4. The third kappa shape index (κ3) is 15.9. The molecule has 0 aliphatic carbocycles. The van der Waals surface area contributed by atoms with Crippen molar-refractivity contribution in [3.63, 3.8) is 0 Å². The van der Waals surface area contributed by atoms with E-state index in [-0.39, 0.29) is 18.5 Å². The molecule has 0 aliphatic rings. The second-order valence-electron chi connectivity index (χ2n) is 8.79. The van der Waals surface area contributed by atoms with Crippen LogP contribution in [0.4, 0.5) is 0 Å². The number of carbonyl (C=O) groups is 2. The topological polar surface area (TPSA) is 72.8 Å². The lowest BCUT2D eigenvalue weighted by Crippen LogP contribution is -2.26. The Morgan fingerprint density at radius 3 is 2.00 bits per heavy atom. The van der Waals surface area contributed by atoms with E-state index in [4.69, 9.17) is 14.6 Å². The number of carbonyl (C=O) groups excluding carboxylic acids is 1. The molecular weight excluding hydrogens is 404 g/mol. The summed E-state index contributed by atoms with van der Waals surface area (Å²) in [4.78, 5) is 22.5. The molecule has 0 spiro atoms. The summed E-state index contributed by atoms with van der Waals surface area (Å²) in [5.74, 6) is -1.25. The second kappa shape index (κ2) is 18.7. The Balaban J connectivity index is 2.44. The van der Waals surface area contributed by atoms with Crippen LogP contribution >= 0.6 is 0 Å². The lowest BCUT2D eigenvalue weighted by atomic mass is 10.0. The normalized spacial score (nSPS) is 12.9. The molecule has 0 saturated heterocycles. The molecule has 0 amide bonds. The maximum absolute atomic E-state index is 11.5. The van der Waals surface area contributed by atoms with Crippen LogP contribution in [-0.4, -0.2) is 29.3 Å². The van der Waals surface area contributed by atoms with Crippen LogP contribution < -0.4 is 0 Å². The van der Waals surface area contributed by atoms with E-state index in [1.807, 2.05) is 30.3 Å². The maximum Gasteiger partial charge on any atom is 0.303 e. The predicted molar refractivity (Wildman–Crippen MR) is 129 cm³/mol. The first-order valence-electron chi connectivity index (χ1n) is 12.6. The molecule has 182 valence electrons. The van der Waals surface area contributed by atoms with Crippen molar-refractivity contribution in [2.75, 3.05) is 0 Å². The standard InChI is InChI=1S/C27H44O5/c1-3-4-5-6-7-8-9-10-11-15-18-25(31-22-24-16-13-12-14-17-24)21-26(32-23(2)28)19-20-27(29)30/h12-14,16-17,25-26H,3-11,15,18-22H2,1-2H3,(H,29,30). The van der Waals surface area contributed by atoms with Gasteiger partial charge >= 0.3 is 11.9 Å². The predicted octanol–water partition coefficient (Wildman–Crippen LogP) is 7.07. The monoisotopic (exact) mass is 448 g/mol. The van der Waals surface area contributed by atoms with E-state index in [1.54, 1.807) is 0 Å². The van der Waals surface area contributed by atoms with Gasteiger partial charge in [-0.05, 0) is 18.4 Å². The summed E-state index contributed by atoms with van der Waals surface area (Å²) in [7, 11) is 0. The molecule has 1 aromatic rings. The Hall–Kier alpha value is -1.88. The largest absolute Gasteiger partial charge is 0.481 e. The van der Waals surface area contributed by atoms with Crippen LogP contribution in [0.1, 0.15) is 109 Å². The molecule has 0 heterocycles. The number of hydrogen-bond donors (Lipinski definition) is 1. The summed E-state index contributed by atoms with van der Waals surface area (Å²) in [6, 6.07) is 10.0. The zero-order chi connectivity index (χ0) is 23.4. The number of esters is 1. The highest BCUT2D eigenvalue weighted by molar-refractivity contribution is 5.67. The average molecular weight is 449 g/mol. The SMILES string of the molecule is CCCCCCCCCCCCC(CC(CCC(=O)O)OC(C)=O)OCc1ccccc1. The van der Waals surface area contributed by atoms with E-state index in [2.05, 4.69) is 6.92 Å². The fraction of sp³-hybridized carbons (Fsp3) is 0.704. The average Bonchev–Trinajstić information content (AvgIpc) is 2.77. The van der Waals surface area contributed by atoms with Gasteiger partial charge in [0, 0.05) is 19.8 Å². The molecule has 0 radical (unpaired) electrons. The fourth-order valence-electron chi connectivity index (χ4n) is 3.95. The van der Waals surface area contributed by atoms with Crippen LogP contribution in [0.5, 0.6) is 0 Å². The van der Waals surface area contributed by atoms with Crippen molar-refractivity contribution in [3.8, 4) is 0 Å². The highest BCUT2D eigenvalue weighted by Gasteiger charge is 2.21. The van der Waals surface area contributed by atoms with Crippen molar-refractivity contribution in [3.05, 3.63) is 35.9 Å². The summed E-state index contributed by atoms with van der Waals surface area (Å²) in [5.41, 5.74) is 1.11. The molecule has 2 unspecified atom stereocenters. The third-order valence-electron chi connectivity index (χ3n) is 5.75. The fourth-order valence-corrected chi connectivity index (χ4v) is 3.95. The van der Waals surface area contributed by atoms with Gasteiger partial charge in [-0.25, -0.2) is 0 Å². The molecule has 32 heavy (non-hydrogen) atoms. The molecule has 1 aromatic carbocycles. The van der Waals surface area contributed by atoms with Crippen LogP contribution in [0.25, 0.3) is 0 Å². The van der Waals surface area contributed by atoms with Gasteiger partial charge in [0.15, 0.2) is 0 Å². The van der Waals surface area contributed by atoms with Crippen LogP contribution in [0.15, 0.2) is 30.3 Å². The van der Waals surface area contributed by atoms with Crippen LogP contribution in [-0.2, 0) is 25.7 Å². The van der Waals surface area contributed by atoms with E-state index >= 15 is 0 Å². The Bertz CT molecular complexity index is 601. The molecule has 0 saturated carbocycles. The molecule has 0 fully saturated rings. The smallest absolute Gasteiger partial charge is 0.303 e. The van der Waals surface area contributed by atoms with Gasteiger partial charge in [-0.2, -0.15) is 0 Å². The zero-order valence-electron chi connectivity index (χ0n) is 20.2. The van der Waals surface area contributed by atoms with Crippen molar-refractivity contribution in [1.29, 1.82) is 0 Å². The van der Waals surface area contributed by atoms with E-state index < -0.39 is 12.1 Å². The first kappa shape index (κ1) is 28.2. The van der Waals surface area contributed by atoms with Crippen molar-refractivity contribution < 1.29 is 24.2 Å². The Labute approximate surface area is 194 Å². The highest BCUT2D eigenvalue weighted by atomic mass is 16.5. The number of rotatable bonds is 20. The minimum Gasteiger partial charge on any atom is -0.481 e. The first-order chi connectivity index (χ1) is 15.5. The van der Waals surface area contributed by atoms with E-state index in [0.29, 0.717) is 19.4 Å². The number of unbranched alkanes of at least 4 members (excludes halogenated alkanes) is 9. The lowest BCUT2D eigenvalue weighted by Gasteiger charge is -2.24. The molecule has 1 rings (SSSR count). The molecule has 0 aromatic heterocycles. The van der Waals surface area contributed by atoms with E-state index in [9.17, 15) is 9.59 Å². The summed E-state index contributed by atoms with van der Waals surface area (Å²) in [6.07, 6.45) is 14.1. The highest BCUT2D eigenvalue weighted by Crippen LogP contribution is 2.20. The lowest BCUT2D eigenvalue weighted by molar-refractivity contribution is -0.151. The van der Waals surface area contributed by atoms with Gasteiger partial charge in [-0.15, -0.1) is 0 Å². The van der Waals surface area contributed by atoms with Crippen molar-refractivity contribution in [2.45, 2.75) is 123 Å². The van der Waals surface area contributed by atoms with Crippen molar-refractivity contribution >= 4 is 11.9 Å². The van der Waals surface area contributed by atoms with Crippen LogP contribution in [0.2, 0.25) is 0 Å². The molecule has 2 atom stereocenters. The molecule has 0 aliphatic heterocycles. The number of ether oxygens (including phenoxy) is 2. The number of benzene rings is 1. The minimum absolute atomic E-state index is 0.0123. The zero-order valence-corrected chi connectivity index (χ0v) is 20.2. The Morgan fingerprint density at radius 1 is 0.844 bits per heavy atom. The summed E-state index contributed by atoms with van der Waals surface area (Å²) >= 11 is 0. The number of carboxylic acid groups (broad SMARTS) is 1. The van der Waals surface area contributed by atoms with Crippen molar-refractivity contribution in [1.82, 2.24) is 0 Å². The van der Waals surface area contributed by atoms with Gasteiger partial charge in [-0.1, -0.05) is 101 Å². The van der Waals surface area contributed by atoms with Gasteiger partial charge in [0.25, 0.3) is 0 Å². The molecular formula is C27H44O5. The summed E-state index contributed by atoms with van der Waals surface area (Å²) < 4.78 is 11.6. The quantitative estimate of drug-likeness (QED) is 0.171. The molecule has 5 nitrogen and oxygen atoms in total. The van der Waals surface area contributed by atoms with Gasteiger partial charge in [-0.3, -0.25) is 9.59 Å². The molecule has 1 N–H and O–H groups in total. The van der Waals surface area contributed by atoms with Crippen molar-refractivity contribution in [2.24, 2.45) is 0 Å². The number of aliphatic carboxylic acids is 1. The molecule has 5 heteroatoms. The van der Waals surface area contributed by atoms with Crippen LogP contribution in [0, 0.1) is 0 Å². The third-order valence-corrected chi connectivity index (χ3v) is 5.75. The van der Waals surface area contributed by atoms with E-state index in [0.717, 1.165) is 18.4 Å². The maximum atomic E-state index is 11.5. The van der Waals surface area contributed by atoms with Gasteiger partial charge < -0.3 is 14.6 Å². The van der Waals surface area contributed by atoms with E-state index in [1.165, 1.54) is 64.7 Å². The first-order valence-corrected chi connectivity index (χ1v) is 12.6. The summed E-state index contributed by atoms with van der Waals surface area (Å²) in [6.45, 7) is 4.13. The van der Waals surface area contributed by atoms with Gasteiger partial charge in [0.05, 0.1) is 12.7 Å². The minimum atomic E-state index is -0.876.